The van der Waals surface area contributed by atoms with E-state index in [9.17, 15) is 18.9 Å². The highest BCUT2D eigenvalue weighted by molar-refractivity contribution is 5.52. The quantitative estimate of drug-likeness (QED) is 0.596. The zero-order valence-corrected chi connectivity index (χ0v) is 8.68. The number of aromatic nitrogens is 1. The molecule has 6 nitrogen and oxygen atoms in total. The van der Waals surface area contributed by atoms with Crippen molar-refractivity contribution in [1.29, 1.82) is 5.26 Å². The highest BCUT2D eigenvalue weighted by Crippen LogP contribution is 2.37. The molecule has 17 heavy (non-hydrogen) atoms. The summed E-state index contributed by atoms with van der Waals surface area (Å²) in [5.41, 5.74) is -2.01. The molecule has 0 aromatic carbocycles. The number of hydrogen-bond donors (Lipinski definition) is 0. The molecule has 0 spiro atoms. The topological polar surface area (TPSA) is 89.0 Å². The summed E-state index contributed by atoms with van der Waals surface area (Å²) in [6.45, 7) is 0. The van der Waals surface area contributed by atoms with E-state index in [1.165, 1.54) is 0 Å². The normalized spacial score (nSPS) is 10.1. The van der Waals surface area contributed by atoms with E-state index in [0.717, 1.165) is 13.3 Å². The monoisotopic (exact) mass is 243 g/mol. The molecule has 90 valence electrons. The molecule has 0 N–H and O–H groups in total. The van der Waals surface area contributed by atoms with Gasteiger partial charge in [0.05, 0.1) is 30.7 Å². The maximum Gasteiger partial charge on any atom is 0.304 e. The van der Waals surface area contributed by atoms with Crippen LogP contribution in [0.3, 0.4) is 0 Å². The van der Waals surface area contributed by atoms with E-state index in [1.807, 2.05) is 0 Å². The lowest BCUT2D eigenvalue weighted by molar-refractivity contribution is -0.387. The number of methoxy groups -OCH3 is 1. The maximum absolute atomic E-state index is 12.8. The summed E-state index contributed by atoms with van der Waals surface area (Å²) in [7, 11) is 1.11. The van der Waals surface area contributed by atoms with Gasteiger partial charge >= 0.3 is 5.69 Å². The van der Waals surface area contributed by atoms with E-state index in [4.69, 9.17) is 5.26 Å². The molecule has 0 fully saturated rings. The fourth-order valence-corrected chi connectivity index (χ4v) is 1.32. The second-order valence-electron chi connectivity index (χ2n) is 2.93. The molecule has 8 heteroatoms. The van der Waals surface area contributed by atoms with Gasteiger partial charge in [0, 0.05) is 0 Å². The molecule has 0 atom stereocenters. The largest absolute Gasteiger partial charge is 0.494 e. The van der Waals surface area contributed by atoms with Crippen LogP contribution < -0.4 is 4.74 Å². The Morgan fingerprint density at radius 3 is 2.76 bits per heavy atom. The van der Waals surface area contributed by atoms with Crippen molar-refractivity contribution in [3.8, 4) is 11.8 Å². The molecule has 0 bridgehead atoms. The zero-order chi connectivity index (χ0) is 13.0. The number of pyridine rings is 1. The summed E-state index contributed by atoms with van der Waals surface area (Å²) in [5.74, 6) is -0.367. The van der Waals surface area contributed by atoms with Crippen molar-refractivity contribution in [2.75, 3.05) is 7.11 Å². The average molecular weight is 243 g/mol. The van der Waals surface area contributed by atoms with Crippen molar-refractivity contribution in [1.82, 2.24) is 4.98 Å². The highest BCUT2D eigenvalue weighted by Gasteiger charge is 2.31. The Labute approximate surface area is 94.6 Å². The Morgan fingerprint density at radius 1 is 1.71 bits per heavy atom. The summed E-state index contributed by atoms with van der Waals surface area (Å²) in [6, 6.07) is 1.63. The Bertz CT molecular complexity index is 485. The molecule has 0 saturated heterocycles. The molecule has 0 amide bonds. The van der Waals surface area contributed by atoms with Gasteiger partial charge in [-0.1, -0.05) is 0 Å². The van der Waals surface area contributed by atoms with Crippen LogP contribution in [-0.2, 0) is 6.42 Å². The first kappa shape index (κ1) is 12.8. The third-order valence-corrected chi connectivity index (χ3v) is 2.00. The third kappa shape index (κ3) is 2.44. The number of rotatable bonds is 4. The van der Waals surface area contributed by atoms with Crippen LogP contribution in [0.2, 0.25) is 0 Å². The van der Waals surface area contributed by atoms with Crippen LogP contribution in [-0.4, -0.2) is 17.0 Å². The van der Waals surface area contributed by atoms with Crippen LogP contribution in [0.5, 0.6) is 5.75 Å². The van der Waals surface area contributed by atoms with Crippen molar-refractivity contribution >= 4 is 5.69 Å². The number of nitro groups is 1. The van der Waals surface area contributed by atoms with Crippen LogP contribution in [0, 0.1) is 21.4 Å². The van der Waals surface area contributed by atoms with Gasteiger partial charge in [-0.05, 0) is 0 Å². The minimum absolute atomic E-state index is 0.298. The molecule has 1 aromatic heterocycles. The van der Waals surface area contributed by atoms with E-state index in [1.54, 1.807) is 6.07 Å². The molecule has 0 saturated carbocycles. The highest BCUT2D eigenvalue weighted by atomic mass is 19.3. The van der Waals surface area contributed by atoms with Gasteiger partial charge in [-0.2, -0.15) is 5.26 Å². The summed E-state index contributed by atoms with van der Waals surface area (Å²) < 4.78 is 30.1. The fourth-order valence-electron chi connectivity index (χ4n) is 1.32. The van der Waals surface area contributed by atoms with E-state index < -0.39 is 29.0 Å². The zero-order valence-electron chi connectivity index (χ0n) is 8.68. The van der Waals surface area contributed by atoms with Gasteiger partial charge in [-0.25, -0.2) is 13.8 Å². The van der Waals surface area contributed by atoms with Gasteiger partial charge in [-0.3, -0.25) is 10.1 Å². The Kier molecular flexibility index (Phi) is 3.87. The summed E-state index contributed by atoms with van der Waals surface area (Å²) in [5, 5.41) is 19.2. The Balaban J connectivity index is 3.54. The summed E-state index contributed by atoms with van der Waals surface area (Å²) in [4.78, 5) is 13.4. The van der Waals surface area contributed by atoms with Crippen molar-refractivity contribution in [2.45, 2.75) is 12.8 Å². The molecule has 1 aromatic rings. The molecule has 0 unspecified atom stereocenters. The second-order valence-corrected chi connectivity index (χ2v) is 2.93. The minimum atomic E-state index is -3.08. The van der Waals surface area contributed by atoms with Gasteiger partial charge in [0.25, 0.3) is 6.43 Å². The van der Waals surface area contributed by atoms with Crippen LogP contribution in [0.4, 0.5) is 14.5 Å². The molecule has 1 rings (SSSR count). The molecular weight excluding hydrogens is 236 g/mol. The number of nitriles is 1. The van der Waals surface area contributed by atoms with Gasteiger partial charge < -0.3 is 4.74 Å². The Hall–Kier alpha value is -2.30. The van der Waals surface area contributed by atoms with Crippen molar-refractivity contribution in [3.05, 3.63) is 27.6 Å². The van der Waals surface area contributed by atoms with E-state index in [0.29, 0.717) is 0 Å². The van der Waals surface area contributed by atoms with Crippen molar-refractivity contribution in [3.63, 3.8) is 0 Å². The van der Waals surface area contributed by atoms with Crippen molar-refractivity contribution < 1.29 is 18.4 Å². The fraction of sp³-hybridized carbons (Fsp3) is 0.333. The van der Waals surface area contributed by atoms with Gasteiger partial charge in [0.1, 0.15) is 11.3 Å². The molecule has 0 aliphatic rings. The van der Waals surface area contributed by atoms with E-state index in [-0.39, 0.29) is 11.4 Å². The lowest BCUT2D eigenvalue weighted by Crippen LogP contribution is -2.05. The lowest BCUT2D eigenvalue weighted by Gasteiger charge is -2.09. The van der Waals surface area contributed by atoms with Gasteiger partial charge in [-0.15, -0.1) is 0 Å². The molecule has 0 aliphatic carbocycles. The number of halogens is 2. The second kappa shape index (κ2) is 5.16. The van der Waals surface area contributed by atoms with Gasteiger partial charge in [0.15, 0.2) is 5.75 Å². The van der Waals surface area contributed by atoms with E-state index in [2.05, 4.69) is 9.72 Å². The molecule has 1 heterocycles. The standard InChI is InChI=1S/C9H7F2N3O3/c1-17-6-4-13-5(2-3-12)8(14(15)16)7(6)9(10)11/h4,9H,2H2,1H3. The average Bonchev–Trinajstić information content (AvgIpc) is 2.28. The first-order valence-corrected chi connectivity index (χ1v) is 4.38. The smallest absolute Gasteiger partial charge is 0.304 e. The van der Waals surface area contributed by atoms with Crippen LogP contribution in [0.15, 0.2) is 6.20 Å². The summed E-state index contributed by atoms with van der Waals surface area (Å²) in [6.07, 6.45) is -2.55. The molecular formula is C9H7F2N3O3. The number of alkyl halides is 2. The number of ether oxygens (including phenoxy) is 1. The van der Waals surface area contributed by atoms with Gasteiger partial charge in [0.2, 0.25) is 0 Å². The maximum atomic E-state index is 12.8. The first-order chi connectivity index (χ1) is 8.02. The van der Waals surface area contributed by atoms with Crippen LogP contribution in [0.1, 0.15) is 17.7 Å². The lowest BCUT2D eigenvalue weighted by atomic mass is 10.1. The Morgan fingerprint density at radius 2 is 2.35 bits per heavy atom. The number of nitrogens with zero attached hydrogens (tertiary/aromatic N) is 3. The van der Waals surface area contributed by atoms with Crippen LogP contribution >= 0.6 is 0 Å². The minimum Gasteiger partial charge on any atom is -0.494 e. The first-order valence-electron chi connectivity index (χ1n) is 4.38. The SMILES string of the molecule is COc1cnc(CC#N)c([N+](=O)[O-])c1C(F)F. The predicted molar refractivity (Wildman–Crippen MR) is 51.7 cm³/mol. The predicted octanol–water partition coefficient (Wildman–Crippen LogP) is 2.00. The number of hydrogen-bond acceptors (Lipinski definition) is 5. The molecule has 0 aliphatic heterocycles. The summed E-state index contributed by atoms with van der Waals surface area (Å²) >= 11 is 0. The third-order valence-electron chi connectivity index (χ3n) is 2.00. The van der Waals surface area contributed by atoms with E-state index >= 15 is 0 Å². The molecule has 0 radical (unpaired) electrons. The van der Waals surface area contributed by atoms with Crippen molar-refractivity contribution in [2.24, 2.45) is 0 Å². The van der Waals surface area contributed by atoms with Crippen LogP contribution in [0.25, 0.3) is 0 Å².